The molecule has 1 aromatic rings. The molecule has 0 bridgehead atoms. The minimum atomic E-state index is -5.01. The second-order valence-electron chi connectivity index (χ2n) is 9.27. The van der Waals surface area contributed by atoms with Crippen LogP contribution < -0.4 is 0 Å². The molecule has 2 aliphatic carbocycles. The Labute approximate surface area is 176 Å². The second kappa shape index (κ2) is 10.3. The molecule has 0 saturated heterocycles. The van der Waals surface area contributed by atoms with Crippen LogP contribution in [-0.2, 0) is 6.18 Å². The van der Waals surface area contributed by atoms with E-state index in [9.17, 15) is 22.0 Å². The van der Waals surface area contributed by atoms with E-state index in [0.29, 0.717) is 11.5 Å². The van der Waals surface area contributed by atoms with Gasteiger partial charge in [0.25, 0.3) is 0 Å². The average molecular weight is 429 g/mol. The van der Waals surface area contributed by atoms with Crippen LogP contribution in [0, 0.1) is 29.4 Å². The highest BCUT2D eigenvalue weighted by atomic mass is 19.4. The third-order valence-corrected chi connectivity index (χ3v) is 7.28. The van der Waals surface area contributed by atoms with Crippen LogP contribution in [0.4, 0.5) is 22.0 Å². The largest absolute Gasteiger partial charge is 0.422 e. The summed E-state index contributed by atoms with van der Waals surface area (Å²) in [5.41, 5.74) is -1.44. The van der Waals surface area contributed by atoms with Crippen LogP contribution >= 0.6 is 0 Å². The van der Waals surface area contributed by atoms with Crippen molar-refractivity contribution in [1.29, 1.82) is 0 Å². The normalized spacial score (nSPS) is 28.2. The van der Waals surface area contributed by atoms with E-state index in [1.165, 1.54) is 38.5 Å². The minimum absolute atomic E-state index is 0.0744. The molecule has 0 heterocycles. The van der Waals surface area contributed by atoms with Gasteiger partial charge in [0.15, 0.2) is 0 Å². The molecule has 0 atom stereocenters. The molecular weight excluding hydrogens is 395 g/mol. The topological polar surface area (TPSA) is 0 Å². The molecule has 2 fully saturated rings. The Morgan fingerprint density at radius 3 is 1.97 bits per heavy atom. The van der Waals surface area contributed by atoms with Crippen LogP contribution in [0.2, 0.25) is 0 Å². The molecule has 0 nitrogen and oxygen atoms in total. The number of benzene rings is 1. The van der Waals surface area contributed by atoms with Gasteiger partial charge < -0.3 is 0 Å². The van der Waals surface area contributed by atoms with Gasteiger partial charge in [-0.15, -0.1) is 0 Å². The third kappa shape index (κ3) is 6.07. The highest BCUT2D eigenvalue weighted by Gasteiger charge is 2.38. The predicted molar refractivity (Wildman–Crippen MR) is 110 cm³/mol. The molecule has 1 aromatic carbocycles. The Morgan fingerprint density at radius 2 is 1.43 bits per heavy atom. The third-order valence-electron chi connectivity index (χ3n) is 7.28. The second-order valence-corrected chi connectivity index (χ2v) is 9.27. The summed E-state index contributed by atoms with van der Waals surface area (Å²) in [6, 6.07) is 1.75. The lowest BCUT2D eigenvalue weighted by molar-refractivity contribution is -0.142. The van der Waals surface area contributed by atoms with Crippen molar-refractivity contribution < 1.29 is 22.0 Å². The van der Waals surface area contributed by atoms with E-state index in [4.69, 9.17) is 0 Å². The van der Waals surface area contributed by atoms with Gasteiger partial charge in [-0.25, -0.2) is 8.78 Å². The van der Waals surface area contributed by atoms with Gasteiger partial charge in [0.1, 0.15) is 17.2 Å². The lowest BCUT2D eigenvalue weighted by Gasteiger charge is -2.28. The van der Waals surface area contributed by atoms with Gasteiger partial charge in [-0.3, -0.25) is 0 Å². The molecule has 0 N–H and O–H groups in total. The molecule has 30 heavy (non-hydrogen) atoms. The number of alkyl halides is 3. The van der Waals surface area contributed by atoms with Gasteiger partial charge in [-0.2, -0.15) is 13.2 Å². The molecule has 2 saturated carbocycles. The maximum absolute atomic E-state index is 13.9. The maximum atomic E-state index is 13.9. The van der Waals surface area contributed by atoms with Gasteiger partial charge in [-0.05, 0) is 79.9 Å². The SMILES string of the molecule is CCC1CCC(CC/C=C/C2CCC(c3cc(F)c(C(F)(F)F)c(F)c3)CC2)CC1. The van der Waals surface area contributed by atoms with Gasteiger partial charge in [0.2, 0.25) is 0 Å². The van der Waals surface area contributed by atoms with Crippen LogP contribution in [0.3, 0.4) is 0 Å². The Balaban J connectivity index is 1.44. The molecule has 0 radical (unpaired) electrons. The molecule has 0 spiro atoms. The first-order valence-corrected chi connectivity index (χ1v) is 11.5. The van der Waals surface area contributed by atoms with Crippen LogP contribution in [0.25, 0.3) is 0 Å². The average Bonchev–Trinajstić information content (AvgIpc) is 2.70. The van der Waals surface area contributed by atoms with E-state index < -0.39 is 23.4 Å². The Bertz CT molecular complexity index is 682. The lowest BCUT2D eigenvalue weighted by atomic mass is 9.78. The van der Waals surface area contributed by atoms with Crippen molar-refractivity contribution >= 4 is 0 Å². The first kappa shape index (κ1) is 23.3. The van der Waals surface area contributed by atoms with E-state index in [-0.39, 0.29) is 5.92 Å². The molecule has 0 unspecified atom stereocenters. The summed E-state index contributed by atoms with van der Waals surface area (Å²) < 4.78 is 66.0. The maximum Gasteiger partial charge on any atom is 0.422 e. The van der Waals surface area contributed by atoms with Crippen LogP contribution in [-0.4, -0.2) is 0 Å². The van der Waals surface area contributed by atoms with Crippen molar-refractivity contribution in [2.75, 3.05) is 0 Å². The van der Waals surface area contributed by atoms with Crippen molar-refractivity contribution in [1.82, 2.24) is 0 Å². The molecule has 0 aliphatic heterocycles. The van der Waals surface area contributed by atoms with Crippen molar-refractivity contribution in [2.45, 2.75) is 89.6 Å². The zero-order chi connectivity index (χ0) is 21.7. The van der Waals surface area contributed by atoms with E-state index in [0.717, 1.165) is 56.1 Å². The fourth-order valence-corrected chi connectivity index (χ4v) is 5.29. The van der Waals surface area contributed by atoms with Crippen molar-refractivity contribution in [3.05, 3.63) is 47.0 Å². The predicted octanol–water partition coefficient (Wildman–Crippen LogP) is 8.81. The molecule has 0 amide bonds. The molecule has 0 aromatic heterocycles. The number of hydrogen-bond acceptors (Lipinski definition) is 0. The molecule has 5 heteroatoms. The van der Waals surface area contributed by atoms with Crippen LogP contribution in [0.1, 0.15) is 94.6 Å². The molecular formula is C25H33F5. The van der Waals surface area contributed by atoms with Crippen LogP contribution in [0.5, 0.6) is 0 Å². The number of allylic oxidation sites excluding steroid dienone is 2. The molecule has 2 aliphatic rings. The summed E-state index contributed by atoms with van der Waals surface area (Å²) in [6.45, 7) is 2.28. The van der Waals surface area contributed by atoms with Crippen molar-refractivity contribution in [2.24, 2.45) is 17.8 Å². The molecule has 3 rings (SSSR count). The number of halogens is 5. The number of hydrogen-bond donors (Lipinski definition) is 0. The zero-order valence-electron chi connectivity index (χ0n) is 17.8. The number of rotatable bonds is 6. The Morgan fingerprint density at radius 1 is 0.867 bits per heavy atom. The first-order chi connectivity index (χ1) is 14.3. The van der Waals surface area contributed by atoms with E-state index in [1.807, 2.05) is 0 Å². The van der Waals surface area contributed by atoms with E-state index in [1.54, 1.807) is 0 Å². The minimum Gasteiger partial charge on any atom is -0.206 e. The summed E-state index contributed by atoms with van der Waals surface area (Å²) in [7, 11) is 0. The Hall–Kier alpha value is -1.39. The first-order valence-electron chi connectivity index (χ1n) is 11.5. The van der Waals surface area contributed by atoms with Crippen LogP contribution in [0.15, 0.2) is 24.3 Å². The highest BCUT2D eigenvalue weighted by Crippen LogP contribution is 2.40. The van der Waals surface area contributed by atoms with Gasteiger partial charge in [-0.1, -0.05) is 51.2 Å². The van der Waals surface area contributed by atoms with Gasteiger partial charge in [0.05, 0.1) is 0 Å². The fourth-order valence-electron chi connectivity index (χ4n) is 5.29. The van der Waals surface area contributed by atoms with Gasteiger partial charge in [0, 0.05) is 0 Å². The summed E-state index contributed by atoms with van der Waals surface area (Å²) in [5, 5.41) is 0. The summed E-state index contributed by atoms with van der Waals surface area (Å²) in [6.07, 6.45) is 12.0. The Kier molecular flexibility index (Phi) is 7.98. The lowest BCUT2D eigenvalue weighted by Crippen LogP contribution is -2.15. The van der Waals surface area contributed by atoms with Gasteiger partial charge >= 0.3 is 6.18 Å². The zero-order valence-corrected chi connectivity index (χ0v) is 17.8. The summed E-state index contributed by atoms with van der Waals surface area (Å²) >= 11 is 0. The quantitative estimate of drug-likeness (QED) is 0.314. The van der Waals surface area contributed by atoms with Crippen molar-refractivity contribution in [3.63, 3.8) is 0 Å². The van der Waals surface area contributed by atoms with Crippen molar-refractivity contribution in [3.8, 4) is 0 Å². The molecule has 168 valence electrons. The standard InChI is InChI=1S/C25H33F5/c1-2-17-7-9-18(10-8-17)5-3-4-6-19-11-13-20(14-12-19)21-15-22(26)24(23(27)16-21)25(28,29)30/h4,6,15-20H,2-3,5,7-14H2,1H3/b6-4+. The smallest absolute Gasteiger partial charge is 0.206 e. The monoisotopic (exact) mass is 428 g/mol. The highest BCUT2D eigenvalue weighted by molar-refractivity contribution is 5.31. The summed E-state index contributed by atoms with van der Waals surface area (Å²) in [4.78, 5) is 0. The van der Waals surface area contributed by atoms with E-state index >= 15 is 0 Å². The van der Waals surface area contributed by atoms with E-state index in [2.05, 4.69) is 19.1 Å². The fraction of sp³-hybridized carbons (Fsp3) is 0.680. The summed E-state index contributed by atoms with van der Waals surface area (Å²) in [5.74, 6) is -0.841.